The molecule has 0 spiro atoms. The van der Waals surface area contributed by atoms with E-state index in [0.717, 1.165) is 61.2 Å². The Morgan fingerprint density at radius 1 is 0.333 bits per heavy atom. The summed E-state index contributed by atoms with van der Waals surface area (Å²) in [6.07, 6.45) is 12.6. The number of hydrogen-bond acceptors (Lipinski definition) is 3. The van der Waals surface area contributed by atoms with Gasteiger partial charge in [0.25, 0.3) is 0 Å². The van der Waals surface area contributed by atoms with Crippen LogP contribution in [0.4, 0.5) is 0 Å². The number of allylic oxidation sites excluding steroid dienone is 7. The lowest BCUT2D eigenvalue weighted by Gasteiger charge is -2.16. The number of aromatic nitrogens is 3. The second-order valence-electron chi connectivity index (χ2n) is 13.6. The van der Waals surface area contributed by atoms with Crippen molar-refractivity contribution in [3.63, 3.8) is 0 Å². The fraction of sp³-hybridized carbons (Fsp3) is 0.0185. The van der Waals surface area contributed by atoms with Crippen LogP contribution in [-0.2, 0) is 0 Å². The van der Waals surface area contributed by atoms with Gasteiger partial charge in [-0.25, -0.2) is 15.0 Å². The molecule has 0 fully saturated rings. The van der Waals surface area contributed by atoms with E-state index in [1.54, 1.807) is 0 Å². The topological polar surface area (TPSA) is 38.7 Å². The molecule has 1 heterocycles. The van der Waals surface area contributed by atoms with Gasteiger partial charge in [-0.05, 0) is 75.2 Å². The van der Waals surface area contributed by atoms with Gasteiger partial charge in [0.2, 0.25) is 0 Å². The molecule has 0 N–H and O–H groups in total. The van der Waals surface area contributed by atoms with E-state index in [1.807, 2.05) is 79.7 Å². The standard InChI is InChI=1S/C54H41N3/c1-2-3-4-5-18-36-50(51(40-22-10-6-11-23-40)41-24-12-7-13-25-41)48-34-20-32-46(38-48)44-30-19-31-45(37-44)47-33-21-35-49(39-47)54-56-52(42-26-14-8-15-27-42)55-53(57-54)43-28-16-9-17-29-43/h2-39H,1H3/b3-2-,5-4-,36-18+. The fourth-order valence-electron chi connectivity index (χ4n) is 6.92. The predicted octanol–water partition coefficient (Wildman–Crippen LogP) is 13.9. The van der Waals surface area contributed by atoms with E-state index >= 15 is 0 Å². The van der Waals surface area contributed by atoms with Gasteiger partial charge in [-0.3, -0.25) is 0 Å². The fourth-order valence-corrected chi connectivity index (χ4v) is 6.92. The van der Waals surface area contributed by atoms with E-state index in [4.69, 9.17) is 15.0 Å². The zero-order chi connectivity index (χ0) is 38.7. The van der Waals surface area contributed by atoms with Gasteiger partial charge in [-0.15, -0.1) is 0 Å². The molecule has 1 aromatic heterocycles. The minimum absolute atomic E-state index is 0.633. The first-order chi connectivity index (χ1) is 28.2. The first kappa shape index (κ1) is 36.5. The highest BCUT2D eigenvalue weighted by Gasteiger charge is 2.15. The Bertz CT molecular complexity index is 2610. The molecule has 8 rings (SSSR count). The maximum Gasteiger partial charge on any atom is 0.164 e. The van der Waals surface area contributed by atoms with E-state index in [-0.39, 0.29) is 0 Å². The Kier molecular flexibility index (Phi) is 11.4. The van der Waals surface area contributed by atoms with E-state index < -0.39 is 0 Å². The van der Waals surface area contributed by atoms with Crippen LogP contribution in [0.5, 0.6) is 0 Å². The van der Waals surface area contributed by atoms with Crippen LogP contribution < -0.4 is 0 Å². The Hall–Kier alpha value is -7.49. The summed E-state index contributed by atoms with van der Waals surface area (Å²) in [7, 11) is 0. The van der Waals surface area contributed by atoms with E-state index in [9.17, 15) is 0 Å². The van der Waals surface area contributed by atoms with Crippen LogP contribution >= 0.6 is 0 Å². The van der Waals surface area contributed by atoms with E-state index in [0.29, 0.717) is 17.5 Å². The molecule has 0 radical (unpaired) electrons. The number of rotatable bonds is 11. The molecule has 0 unspecified atom stereocenters. The van der Waals surface area contributed by atoms with Crippen LogP contribution in [0.15, 0.2) is 231 Å². The molecular weight excluding hydrogens is 691 g/mol. The van der Waals surface area contributed by atoms with Crippen LogP contribution in [0.2, 0.25) is 0 Å². The van der Waals surface area contributed by atoms with Crippen LogP contribution in [-0.4, -0.2) is 15.0 Å². The summed E-state index contributed by atoms with van der Waals surface area (Å²) in [5, 5.41) is 0. The van der Waals surface area contributed by atoms with Gasteiger partial charge < -0.3 is 0 Å². The molecule has 3 heteroatoms. The molecule has 0 aliphatic rings. The number of hydrogen-bond donors (Lipinski definition) is 0. The Morgan fingerprint density at radius 2 is 0.702 bits per heavy atom. The first-order valence-electron chi connectivity index (χ1n) is 19.2. The molecule has 0 aliphatic heterocycles. The zero-order valence-electron chi connectivity index (χ0n) is 31.8. The third-order valence-corrected chi connectivity index (χ3v) is 9.71. The monoisotopic (exact) mass is 731 g/mol. The van der Waals surface area contributed by atoms with Crippen LogP contribution in [0.25, 0.3) is 67.6 Å². The highest BCUT2D eigenvalue weighted by Crippen LogP contribution is 2.36. The number of nitrogens with zero attached hydrogens (tertiary/aromatic N) is 3. The molecule has 0 saturated carbocycles. The Labute approximate surface area is 335 Å². The first-order valence-corrected chi connectivity index (χ1v) is 19.2. The average Bonchev–Trinajstić information content (AvgIpc) is 3.30. The zero-order valence-corrected chi connectivity index (χ0v) is 31.8. The molecule has 0 bridgehead atoms. The molecule has 7 aromatic carbocycles. The van der Waals surface area contributed by atoms with Crippen LogP contribution in [0, 0.1) is 0 Å². The third kappa shape index (κ3) is 8.75. The summed E-state index contributed by atoms with van der Waals surface area (Å²) in [5.74, 6) is 1.92. The van der Waals surface area contributed by atoms with Gasteiger partial charge >= 0.3 is 0 Å². The summed E-state index contributed by atoms with van der Waals surface area (Å²) >= 11 is 0. The molecule has 0 amide bonds. The summed E-state index contributed by atoms with van der Waals surface area (Å²) in [6, 6.07) is 67.6. The Balaban J connectivity index is 1.19. The van der Waals surface area contributed by atoms with Crippen molar-refractivity contribution in [1.82, 2.24) is 15.0 Å². The van der Waals surface area contributed by atoms with E-state index in [2.05, 4.69) is 158 Å². The van der Waals surface area contributed by atoms with Gasteiger partial charge in [0.05, 0.1) is 0 Å². The lowest BCUT2D eigenvalue weighted by atomic mass is 9.88. The smallest absolute Gasteiger partial charge is 0.164 e. The minimum atomic E-state index is 0.633. The maximum atomic E-state index is 4.98. The Morgan fingerprint density at radius 3 is 1.21 bits per heavy atom. The van der Waals surface area contributed by atoms with Crippen molar-refractivity contribution in [2.75, 3.05) is 0 Å². The average molecular weight is 732 g/mol. The third-order valence-electron chi connectivity index (χ3n) is 9.71. The summed E-state index contributed by atoms with van der Waals surface area (Å²) < 4.78 is 0. The molecule has 0 saturated heterocycles. The predicted molar refractivity (Wildman–Crippen MR) is 239 cm³/mol. The summed E-state index contributed by atoms with van der Waals surface area (Å²) in [4.78, 5) is 14.8. The summed E-state index contributed by atoms with van der Waals surface area (Å²) in [6.45, 7) is 2.03. The maximum absolute atomic E-state index is 4.98. The molecular formula is C54H41N3. The normalized spacial score (nSPS) is 11.4. The second-order valence-corrected chi connectivity index (χ2v) is 13.6. The lowest BCUT2D eigenvalue weighted by Crippen LogP contribution is -2.00. The van der Waals surface area contributed by atoms with Crippen molar-refractivity contribution in [1.29, 1.82) is 0 Å². The van der Waals surface area contributed by atoms with Gasteiger partial charge in [-0.1, -0.05) is 212 Å². The van der Waals surface area contributed by atoms with Crippen molar-refractivity contribution in [2.45, 2.75) is 6.92 Å². The van der Waals surface area contributed by atoms with Crippen LogP contribution in [0.1, 0.15) is 23.6 Å². The lowest BCUT2D eigenvalue weighted by molar-refractivity contribution is 1.07. The minimum Gasteiger partial charge on any atom is -0.208 e. The van der Waals surface area contributed by atoms with Crippen molar-refractivity contribution in [3.8, 4) is 56.4 Å². The highest BCUT2D eigenvalue weighted by atomic mass is 15.0. The highest BCUT2D eigenvalue weighted by molar-refractivity contribution is 6.02. The van der Waals surface area contributed by atoms with Crippen molar-refractivity contribution in [3.05, 3.63) is 247 Å². The van der Waals surface area contributed by atoms with Gasteiger partial charge in [0, 0.05) is 16.7 Å². The van der Waals surface area contributed by atoms with Crippen LogP contribution in [0.3, 0.4) is 0 Å². The van der Waals surface area contributed by atoms with Gasteiger partial charge in [0.15, 0.2) is 17.5 Å². The van der Waals surface area contributed by atoms with E-state index in [1.165, 1.54) is 5.57 Å². The molecule has 3 nitrogen and oxygen atoms in total. The molecule has 0 aliphatic carbocycles. The van der Waals surface area contributed by atoms with Gasteiger partial charge in [-0.2, -0.15) is 0 Å². The summed E-state index contributed by atoms with van der Waals surface area (Å²) in [5.41, 5.74) is 13.1. The number of benzene rings is 7. The van der Waals surface area contributed by atoms with Crippen molar-refractivity contribution >= 4 is 11.1 Å². The van der Waals surface area contributed by atoms with Gasteiger partial charge in [0.1, 0.15) is 0 Å². The van der Waals surface area contributed by atoms with Crippen molar-refractivity contribution < 1.29 is 0 Å². The largest absolute Gasteiger partial charge is 0.208 e. The SMILES string of the molecule is C\C=C/C=C\C=C\C(=C(c1ccccc1)c1ccccc1)c1cccc(-c2cccc(-c3cccc(-c4nc(-c5ccccc5)nc(-c5ccccc5)n4)c3)c2)c1. The molecule has 57 heavy (non-hydrogen) atoms. The quantitative estimate of drug-likeness (QED) is 0.0982. The van der Waals surface area contributed by atoms with Crippen molar-refractivity contribution in [2.24, 2.45) is 0 Å². The molecule has 0 atom stereocenters. The second kappa shape index (κ2) is 17.8. The molecule has 8 aromatic rings. The molecule has 272 valence electrons.